The maximum atomic E-state index is 12.2. The molecule has 100 valence electrons. The van der Waals surface area contributed by atoms with E-state index in [9.17, 15) is 18.5 Å². The fourth-order valence-electron chi connectivity index (χ4n) is 1.46. The number of aromatic nitrogens is 1. The van der Waals surface area contributed by atoms with Gasteiger partial charge in [0.15, 0.2) is 0 Å². The van der Waals surface area contributed by atoms with Gasteiger partial charge in [0.2, 0.25) is 0 Å². The number of benzene rings is 1. The quantitative estimate of drug-likeness (QED) is 0.535. The third-order valence-electron chi connectivity index (χ3n) is 2.37. The lowest BCUT2D eigenvalue weighted by molar-refractivity contribution is -0.387. The largest absolute Gasteiger partial charge is 0.283 e. The Morgan fingerprint density at radius 1 is 1.32 bits per heavy atom. The minimum absolute atomic E-state index is 0.00222. The molecule has 0 aliphatic heterocycles. The van der Waals surface area contributed by atoms with Crippen molar-refractivity contribution >= 4 is 39.9 Å². The van der Waals surface area contributed by atoms with E-state index in [1.807, 2.05) is 0 Å². The molecule has 0 unspecified atom stereocenters. The summed E-state index contributed by atoms with van der Waals surface area (Å²) in [5.41, 5.74) is -0.382. The molecule has 0 spiro atoms. The fraction of sp³-hybridized carbons (Fsp3) is 0. The minimum Gasteiger partial charge on any atom is -0.258 e. The lowest BCUT2D eigenvalue weighted by Gasteiger charge is -2.07. The van der Waals surface area contributed by atoms with Gasteiger partial charge in [0.25, 0.3) is 15.7 Å². The molecule has 0 fully saturated rings. The monoisotopic (exact) mass is 318 g/mol. The fourth-order valence-corrected chi connectivity index (χ4v) is 3.33. The van der Waals surface area contributed by atoms with E-state index in [2.05, 4.69) is 12.6 Å². The van der Waals surface area contributed by atoms with Crippen molar-refractivity contribution in [3.63, 3.8) is 0 Å². The Morgan fingerprint density at radius 2 is 2.00 bits per heavy atom. The molecule has 9 heteroatoms. The van der Waals surface area contributed by atoms with Gasteiger partial charge in [-0.05, 0) is 24.3 Å². The zero-order chi connectivity index (χ0) is 14.2. The number of rotatable bonds is 3. The maximum absolute atomic E-state index is 12.2. The molecule has 0 saturated heterocycles. The number of hydrogen-bond acceptors (Lipinski definition) is 5. The van der Waals surface area contributed by atoms with Gasteiger partial charge in [-0.3, -0.25) is 10.1 Å². The van der Waals surface area contributed by atoms with Crippen molar-refractivity contribution in [3.05, 3.63) is 51.8 Å². The first-order valence-electron chi connectivity index (χ1n) is 4.90. The number of nitro benzene ring substituents is 1. The van der Waals surface area contributed by atoms with Crippen molar-refractivity contribution in [1.82, 2.24) is 3.97 Å². The Bertz CT molecular complexity index is 755. The molecule has 0 radical (unpaired) electrons. The van der Waals surface area contributed by atoms with E-state index in [1.165, 1.54) is 30.5 Å². The topological polar surface area (TPSA) is 82.2 Å². The third kappa shape index (κ3) is 2.46. The van der Waals surface area contributed by atoms with E-state index in [-0.39, 0.29) is 20.6 Å². The summed E-state index contributed by atoms with van der Waals surface area (Å²) in [5, 5.41) is 10.8. The van der Waals surface area contributed by atoms with Crippen LogP contribution in [-0.4, -0.2) is 17.3 Å². The van der Waals surface area contributed by atoms with Gasteiger partial charge in [-0.2, -0.15) is 0 Å². The van der Waals surface area contributed by atoms with Crippen LogP contribution in [0.1, 0.15) is 0 Å². The van der Waals surface area contributed by atoms with Crippen LogP contribution >= 0.6 is 24.2 Å². The molecule has 6 nitrogen and oxygen atoms in total. The molecule has 1 heterocycles. The molecule has 0 aliphatic rings. The number of halogens is 1. The summed E-state index contributed by atoms with van der Waals surface area (Å²) in [6.45, 7) is 0. The van der Waals surface area contributed by atoms with Crippen LogP contribution in [0.25, 0.3) is 0 Å². The predicted molar refractivity (Wildman–Crippen MR) is 72.4 cm³/mol. The normalized spacial score (nSPS) is 11.5. The Kier molecular flexibility index (Phi) is 3.57. The summed E-state index contributed by atoms with van der Waals surface area (Å²) in [7, 11) is -3.95. The highest BCUT2D eigenvalue weighted by molar-refractivity contribution is 7.90. The number of hydrogen-bond donors (Lipinski definition) is 1. The summed E-state index contributed by atoms with van der Waals surface area (Å²) in [4.78, 5) is 9.95. The van der Waals surface area contributed by atoms with Crippen LogP contribution < -0.4 is 0 Å². The molecule has 2 rings (SSSR count). The first-order chi connectivity index (χ1) is 8.84. The first-order valence-corrected chi connectivity index (χ1v) is 7.16. The van der Waals surface area contributed by atoms with Crippen molar-refractivity contribution in [1.29, 1.82) is 0 Å². The zero-order valence-corrected chi connectivity index (χ0v) is 11.7. The lowest BCUT2D eigenvalue weighted by atomic mass is 10.3. The molecule has 2 aromatic rings. The Balaban J connectivity index is 2.63. The Labute approximate surface area is 119 Å². The minimum atomic E-state index is -3.95. The SMILES string of the molecule is O=[N+]([O-])c1cc(S(=O)(=O)n2cccc2Cl)ccc1S. The molecule has 19 heavy (non-hydrogen) atoms. The second-order valence-corrected chi connectivity index (χ2v) is 6.22. The van der Waals surface area contributed by atoms with Gasteiger partial charge in [0.05, 0.1) is 14.7 Å². The van der Waals surface area contributed by atoms with E-state index < -0.39 is 14.9 Å². The highest BCUT2D eigenvalue weighted by Gasteiger charge is 2.22. The van der Waals surface area contributed by atoms with Crippen LogP contribution in [0.2, 0.25) is 5.15 Å². The zero-order valence-electron chi connectivity index (χ0n) is 9.22. The van der Waals surface area contributed by atoms with Gasteiger partial charge in [0.1, 0.15) is 5.15 Å². The van der Waals surface area contributed by atoms with E-state index >= 15 is 0 Å². The molecule has 0 saturated carbocycles. The van der Waals surface area contributed by atoms with Gasteiger partial charge in [-0.1, -0.05) is 11.6 Å². The van der Waals surface area contributed by atoms with Crippen LogP contribution in [0, 0.1) is 10.1 Å². The average Bonchev–Trinajstić information content (AvgIpc) is 2.76. The van der Waals surface area contributed by atoms with Gasteiger partial charge in [0, 0.05) is 12.3 Å². The summed E-state index contributed by atoms with van der Waals surface area (Å²) < 4.78 is 25.3. The summed E-state index contributed by atoms with van der Waals surface area (Å²) in [5.74, 6) is 0. The van der Waals surface area contributed by atoms with Crippen molar-refractivity contribution in [2.24, 2.45) is 0 Å². The van der Waals surface area contributed by atoms with Gasteiger partial charge in [-0.25, -0.2) is 12.4 Å². The van der Waals surface area contributed by atoms with Crippen molar-refractivity contribution in [3.8, 4) is 0 Å². The van der Waals surface area contributed by atoms with Crippen LogP contribution in [0.5, 0.6) is 0 Å². The number of nitrogens with zero attached hydrogens (tertiary/aromatic N) is 2. The molecule has 1 aromatic carbocycles. The van der Waals surface area contributed by atoms with E-state index in [4.69, 9.17) is 11.6 Å². The van der Waals surface area contributed by atoms with Crippen LogP contribution in [0.15, 0.2) is 46.3 Å². The van der Waals surface area contributed by atoms with Crippen molar-refractivity contribution in [2.75, 3.05) is 0 Å². The second kappa shape index (κ2) is 4.87. The summed E-state index contributed by atoms with van der Waals surface area (Å²) >= 11 is 9.65. The summed E-state index contributed by atoms with van der Waals surface area (Å²) in [6, 6.07) is 6.31. The Hall–Kier alpha value is -1.51. The lowest BCUT2D eigenvalue weighted by Crippen LogP contribution is -2.12. The van der Waals surface area contributed by atoms with Crippen LogP contribution in [0.3, 0.4) is 0 Å². The third-order valence-corrected chi connectivity index (χ3v) is 4.84. The summed E-state index contributed by atoms with van der Waals surface area (Å²) in [6.07, 6.45) is 1.26. The number of nitro groups is 1. The molecule has 0 aliphatic carbocycles. The Morgan fingerprint density at radius 3 is 2.53 bits per heavy atom. The first kappa shape index (κ1) is 13.9. The van der Waals surface area contributed by atoms with E-state index in [1.54, 1.807) is 0 Å². The van der Waals surface area contributed by atoms with Gasteiger partial charge in [-0.15, -0.1) is 12.6 Å². The molecule has 1 aromatic heterocycles. The van der Waals surface area contributed by atoms with Gasteiger partial charge >= 0.3 is 0 Å². The van der Waals surface area contributed by atoms with Crippen LogP contribution in [-0.2, 0) is 10.0 Å². The average molecular weight is 319 g/mol. The molecule has 0 N–H and O–H groups in total. The van der Waals surface area contributed by atoms with Crippen molar-refractivity contribution < 1.29 is 13.3 Å². The maximum Gasteiger partial charge on any atom is 0.283 e. The predicted octanol–water partition coefficient (Wildman–Crippen LogP) is 2.58. The molecule has 0 amide bonds. The van der Waals surface area contributed by atoms with Gasteiger partial charge < -0.3 is 0 Å². The van der Waals surface area contributed by atoms with Crippen molar-refractivity contribution in [2.45, 2.75) is 9.79 Å². The van der Waals surface area contributed by atoms with E-state index in [0.717, 1.165) is 10.0 Å². The van der Waals surface area contributed by atoms with E-state index in [0.29, 0.717) is 0 Å². The molecule has 0 bridgehead atoms. The molecular weight excluding hydrogens is 312 g/mol. The highest BCUT2D eigenvalue weighted by Crippen LogP contribution is 2.28. The molecular formula is C10H7ClN2O4S2. The standard InChI is InChI=1S/C10H7ClN2O4S2/c11-10-2-1-5-12(10)19(16,17)7-3-4-9(18)8(6-7)13(14)15/h1-6,18H. The van der Waals surface area contributed by atoms with Crippen LogP contribution in [0.4, 0.5) is 5.69 Å². The molecule has 0 atom stereocenters. The smallest absolute Gasteiger partial charge is 0.258 e. The highest BCUT2D eigenvalue weighted by atomic mass is 35.5. The number of thiol groups is 1. The second-order valence-electron chi connectivity index (χ2n) is 3.54.